The summed E-state index contributed by atoms with van der Waals surface area (Å²) < 4.78 is 10.2. The number of methoxy groups -OCH3 is 1. The molecule has 1 aromatic rings. The van der Waals surface area contributed by atoms with Crippen LogP contribution in [0, 0.1) is 0 Å². The van der Waals surface area contributed by atoms with Crippen LogP contribution in [0.15, 0.2) is 48.2 Å². The molecule has 1 amide bonds. The van der Waals surface area contributed by atoms with E-state index >= 15 is 0 Å². The van der Waals surface area contributed by atoms with Crippen molar-refractivity contribution in [2.24, 2.45) is 0 Å². The fourth-order valence-corrected chi connectivity index (χ4v) is 3.22. The summed E-state index contributed by atoms with van der Waals surface area (Å²) in [5.41, 5.74) is 1.77. The largest absolute Gasteiger partial charge is 0.460 e. The minimum absolute atomic E-state index is 0.0734. The SMILES string of the molecule is C=CCN1C(=O)CC(c2ccccc2Cl)C(C(=O)OCCOC)=C1C. The molecule has 1 heterocycles. The molecule has 0 aliphatic carbocycles. The van der Waals surface area contributed by atoms with Crippen LogP contribution in [0.2, 0.25) is 5.02 Å². The Morgan fingerprint density at radius 2 is 2.12 bits per heavy atom. The molecule has 1 atom stereocenters. The summed E-state index contributed by atoms with van der Waals surface area (Å²) in [6, 6.07) is 7.23. The van der Waals surface area contributed by atoms with Gasteiger partial charge in [-0.25, -0.2) is 4.79 Å². The van der Waals surface area contributed by atoms with Gasteiger partial charge in [0, 0.05) is 36.7 Å². The van der Waals surface area contributed by atoms with Gasteiger partial charge in [-0.15, -0.1) is 6.58 Å². The molecule has 0 fully saturated rings. The first kappa shape index (κ1) is 19.2. The highest BCUT2D eigenvalue weighted by molar-refractivity contribution is 6.31. The number of benzene rings is 1. The molecular weight excluding hydrogens is 342 g/mol. The smallest absolute Gasteiger partial charge is 0.336 e. The zero-order valence-electron chi connectivity index (χ0n) is 14.5. The van der Waals surface area contributed by atoms with Crippen LogP contribution >= 0.6 is 11.6 Å². The lowest BCUT2D eigenvalue weighted by Gasteiger charge is -2.34. The van der Waals surface area contributed by atoms with Gasteiger partial charge in [-0.2, -0.15) is 0 Å². The monoisotopic (exact) mass is 363 g/mol. The summed E-state index contributed by atoms with van der Waals surface area (Å²) in [5, 5.41) is 0.521. The number of hydrogen-bond donors (Lipinski definition) is 0. The van der Waals surface area contributed by atoms with Crippen molar-refractivity contribution >= 4 is 23.5 Å². The molecule has 134 valence electrons. The second-order valence-electron chi connectivity index (χ2n) is 5.70. The molecule has 0 saturated carbocycles. The second-order valence-corrected chi connectivity index (χ2v) is 6.11. The molecule has 0 bridgehead atoms. The number of carbonyl (C=O) groups excluding carboxylic acids is 2. The highest BCUT2D eigenvalue weighted by Gasteiger charge is 2.37. The quantitative estimate of drug-likeness (QED) is 0.423. The van der Waals surface area contributed by atoms with E-state index in [4.69, 9.17) is 21.1 Å². The van der Waals surface area contributed by atoms with Gasteiger partial charge in [-0.1, -0.05) is 35.9 Å². The number of amides is 1. The molecule has 25 heavy (non-hydrogen) atoms. The Hall–Kier alpha value is -2.11. The molecule has 0 saturated heterocycles. The zero-order valence-corrected chi connectivity index (χ0v) is 15.2. The van der Waals surface area contributed by atoms with Crippen molar-refractivity contribution in [3.63, 3.8) is 0 Å². The summed E-state index contributed by atoms with van der Waals surface area (Å²) in [6.07, 6.45) is 1.79. The maximum Gasteiger partial charge on any atom is 0.336 e. The van der Waals surface area contributed by atoms with Crippen LogP contribution < -0.4 is 0 Å². The molecule has 0 N–H and O–H groups in total. The highest BCUT2D eigenvalue weighted by atomic mass is 35.5. The van der Waals surface area contributed by atoms with Crippen LogP contribution in [0.5, 0.6) is 0 Å². The van der Waals surface area contributed by atoms with E-state index in [9.17, 15) is 9.59 Å². The van der Waals surface area contributed by atoms with Gasteiger partial charge in [-0.3, -0.25) is 4.79 Å². The van der Waals surface area contributed by atoms with E-state index in [1.807, 2.05) is 18.2 Å². The predicted molar refractivity (Wildman–Crippen MR) is 96.3 cm³/mol. The molecule has 1 unspecified atom stereocenters. The Kier molecular flexibility index (Phi) is 6.79. The Morgan fingerprint density at radius 1 is 1.40 bits per heavy atom. The number of ether oxygens (including phenoxy) is 2. The van der Waals surface area contributed by atoms with E-state index < -0.39 is 11.9 Å². The van der Waals surface area contributed by atoms with Crippen LogP contribution in [0.3, 0.4) is 0 Å². The van der Waals surface area contributed by atoms with Gasteiger partial charge in [0.15, 0.2) is 0 Å². The summed E-state index contributed by atoms with van der Waals surface area (Å²) in [7, 11) is 1.54. The third-order valence-corrected chi connectivity index (χ3v) is 4.50. The number of hydrogen-bond acceptors (Lipinski definition) is 4. The zero-order chi connectivity index (χ0) is 18.4. The number of carbonyl (C=O) groups is 2. The molecular formula is C19H22ClNO4. The maximum absolute atomic E-state index is 12.7. The van der Waals surface area contributed by atoms with Crippen molar-refractivity contribution in [2.45, 2.75) is 19.3 Å². The van der Waals surface area contributed by atoms with E-state index in [1.54, 1.807) is 24.0 Å². The van der Waals surface area contributed by atoms with Gasteiger partial charge in [0.25, 0.3) is 0 Å². The van der Waals surface area contributed by atoms with Crippen molar-refractivity contribution in [1.82, 2.24) is 4.90 Å². The van der Waals surface area contributed by atoms with Crippen molar-refractivity contribution in [3.05, 3.63) is 58.8 Å². The third-order valence-electron chi connectivity index (χ3n) is 4.16. The molecule has 6 heteroatoms. The van der Waals surface area contributed by atoms with Crippen molar-refractivity contribution in [3.8, 4) is 0 Å². The van der Waals surface area contributed by atoms with Gasteiger partial charge >= 0.3 is 5.97 Å². The summed E-state index contributed by atoms with van der Waals surface area (Å²) in [4.78, 5) is 26.8. The normalized spacial score (nSPS) is 17.6. The average Bonchev–Trinajstić information content (AvgIpc) is 2.58. The average molecular weight is 364 g/mol. The van der Waals surface area contributed by atoms with Crippen molar-refractivity contribution in [2.75, 3.05) is 26.9 Å². The number of nitrogens with zero attached hydrogens (tertiary/aromatic N) is 1. The first-order chi connectivity index (χ1) is 12.0. The molecule has 1 aliphatic heterocycles. The third kappa shape index (κ3) is 4.30. The van der Waals surface area contributed by atoms with Crippen LogP contribution in [0.4, 0.5) is 0 Å². The molecule has 0 radical (unpaired) electrons. The lowest BCUT2D eigenvalue weighted by Crippen LogP contribution is -2.38. The lowest BCUT2D eigenvalue weighted by atomic mass is 9.83. The van der Waals surface area contributed by atoms with Gasteiger partial charge in [-0.05, 0) is 18.6 Å². The fraction of sp³-hybridized carbons (Fsp3) is 0.368. The van der Waals surface area contributed by atoms with Gasteiger partial charge in [0.2, 0.25) is 5.91 Å². The van der Waals surface area contributed by atoms with Crippen LogP contribution in [0.25, 0.3) is 0 Å². The van der Waals surface area contributed by atoms with E-state index in [0.717, 1.165) is 5.56 Å². The van der Waals surface area contributed by atoms with Gasteiger partial charge < -0.3 is 14.4 Å². The second kappa shape index (κ2) is 8.83. The Bertz CT molecular complexity index is 698. The Balaban J connectivity index is 2.45. The predicted octanol–water partition coefficient (Wildman–Crippen LogP) is 3.31. The van der Waals surface area contributed by atoms with E-state index in [-0.39, 0.29) is 18.9 Å². The van der Waals surface area contributed by atoms with E-state index in [0.29, 0.717) is 29.4 Å². The van der Waals surface area contributed by atoms with Gasteiger partial charge in [0.1, 0.15) is 6.61 Å². The molecule has 5 nitrogen and oxygen atoms in total. The summed E-state index contributed by atoms with van der Waals surface area (Å²) in [6.45, 7) is 6.22. The van der Waals surface area contributed by atoms with Crippen molar-refractivity contribution in [1.29, 1.82) is 0 Å². The Morgan fingerprint density at radius 3 is 2.76 bits per heavy atom. The topological polar surface area (TPSA) is 55.8 Å². The number of rotatable bonds is 7. The Labute approximate surface area is 152 Å². The minimum Gasteiger partial charge on any atom is -0.460 e. The fourth-order valence-electron chi connectivity index (χ4n) is 2.95. The molecule has 0 spiro atoms. The molecule has 1 aromatic carbocycles. The van der Waals surface area contributed by atoms with Crippen molar-refractivity contribution < 1.29 is 19.1 Å². The first-order valence-corrected chi connectivity index (χ1v) is 8.41. The van der Waals surface area contributed by atoms with E-state index in [2.05, 4.69) is 6.58 Å². The summed E-state index contributed by atoms with van der Waals surface area (Å²) >= 11 is 6.31. The highest BCUT2D eigenvalue weighted by Crippen LogP contribution is 2.39. The maximum atomic E-state index is 12.7. The standard InChI is InChI=1S/C19H22ClNO4/c1-4-9-21-13(2)18(19(23)25-11-10-24-3)15(12-17(21)22)14-7-5-6-8-16(14)20/h4-8,15H,1,9-12H2,2-3H3. The van der Waals surface area contributed by atoms with E-state index in [1.165, 1.54) is 7.11 Å². The van der Waals surface area contributed by atoms with Crippen LogP contribution in [0.1, 0.15) is 24.8 Å². The lowest BCUT2D eigenvalue weighted by molar-refractivity contribution is -0.141. The molecule has 2 rings (SSSR count). The summed E-state index contributed by atoms with van der Waals surface area (Å²) in [5.74, 6) is -0.964. The minimum atomic E-state index is -0.457. The first-order valence-electron chi connectivity index (χ1n) is 8.03. The number of esters is 1. The van der Waals surface area contributed by atoms with Gasteiger partial charge in [0.05, 0.1) is 12.2 Å². The van der Waals surface area contributed by atoms with Crippen LogP contribution in [-0.4, -0.2) is 43.6 Å². The van der Waals surface area contributed by atoms with Crippen LogP contribution in [-0.2, 0) is 19.1 Å². The molecule has 1 aliphatic rings. The number of allylic oxidation sites excluding steroid dienone is 1. The number of halogens is 1. The molecule has 0 aromatic heterocycles.